The van der Waals surface area contributed by atoms with Crippen LogP contribution in [0.15, 0.2) is 0 Å². The predicted octanol–water partition coefficient (Wildman–Crippen LogP) is 1.06. The fourth-order valence-electron chi connectivity index (χ4n) is 1.64. The fourth-order valence-corrected chi connectivity index (χ4v) is 1.64. The van der Waals surface area contributed by atoms with Gasteiger partial charge >= 0.3 is 17.9 Å². The number of rotatable bonds is 11. The quantitative estimate of drug-likeness (QED) is 0.353. The van der Waals surface area contributed by atoms with Crippen LogP contribution in [0.25, 0.3) is 0 Å². The third-order valence-electron chi connectivity index (χ3n) is 2.84. The van der Waals surface area contributed by atoms with Crippen LogP contribution in [-0.4, -0.2) is 50.5 Å². The van der Waals surface area contributed by atoms with Crippen LogP contribution < -0.4 is 5.73 Å². The summed E-state index contributed by atoms with van der Waals surface area (Å²) < 4.78 is 0. The van der Waals surface area contributed by atoms with Gasteiger partial charge in [0.15, 0.2) is 5.60 Å². The molecule has 0 bridgehead atoms. The summed E-state index contributed by atoms with van der Waals surface area (Å²) in [5, 5.41) is 33.8. The van der Waals surface area contributed by atoms with E-state index in [1.807, 2.05) is 0 Å². The maximum absolute atomic E-state index is 10.3. The van der Waals surface area contributed by atoms with Gasteiger partial charge in [-0.2, -0.15) is 0 Å². The lowest BCUT2D eigenvalue weighted by Gasteiger charge is -2.18. The minimum absolute atomic E-state index is 0.867. The predicted molar refractivity (Wildman–Crippen MR) is 79.5 cm³/mol. The molecule has 0 radical (unpaired) electrons. The van der Waals surface area contributed by atoms with Crippen molar-refractivity contribution in [1.29, 1.82) is 0 Å². The van der Waals surface area contributed by atoms with Crippen LogP contribution in [0.5, 0.6) is 0 Å². The van der Waals surface area contributed by atoms with Crippen molar-refractivity contribution in [3.63, 3.8) is 0 Å². The van der Waals surface area contributed by atoms with E-state index >= 15 is 0 Å². The van der Waals surface area contributed by atoms with E-state index in [0.29, 0.717) is 0 Å². The molecule has 0 amide bonds. The number of carbonyl (C=O) groups is 3. The van der Waals surface area contributed by atoms with Crippen LogP contribution in [0.4, 0.5) is 0 Å². The van der Waals surface area contributed by atoms with Crippen molar-refractivity contribution in [2.24, 2.45) is 5.73 Å². The number of carboxylic acid groups (broad SMARTS) is 3. The molecule has 0 aliphatic heterocycles. The molecule has 0 spiro atoms. The molecule has 0 aliphatic rings. The van der Waals surface area contributed by atoms with Crippen molar-refractivity contribution in [3.05, 3.63) is 0 Å². The van der Waals surface area contributed by atoms with Gasteiger partial charge in [-0.25, -0.2) is 4.79 Å². The number of unbranched alkanes of at least 4 members (excludes halogenated alkanes) is 5. The number of aliphatic carboxylic acids is 3. The van der Waals surface area contributed by atoms with Gasteiger partial charge in [-0.15, -0.1) is 0 Å². The van der Waals surface area contributed by atoms with Gasteiger partial charge in [-0.1, -0.05) is 39.0 Å². The number of carboxylic acids is 3. The van der Waals surface area contributed by atoms with Crippen molar-refractivity contribution in [3.8, 4) is 0 Å². The maximum atomic E-state index is 10.3. The molecule has 6 N–H and O–H groups in total. The molecule has 0 rings (SSSR count). The average molecular weight is 321 g/mol. The van der Waals surface area contributed by atoms with Gasteiger partial charge in [0.25, 0.3) is 0 Å². The minimum Gasteiger partial charge on any atom is -0.481 e. The lowest BCUT2D eigenvalue weighted by molar-refractivity contribution is -0.170. The zero-order chi connectivity index (χ0) is 17.6. The molecule has 8 heteroatoms. The highest BCUT2D eigenvalue weighted by atomic mass is 16.4. The Bertz CT molecular complexity index is 322. The first-order valence-electron chi connectivity index (χ1n) is 7.29. The third-order valence-corrected chi connectivity index (χ3v) is 2.84. The van der Waals surface area contributed by atoms with Crippen molar-refractivity contribution >= 4 is 17.9 Å². The summed E-state index contributed by atoms with van der Waals surface area (Å²) in [5.74, 6) is -5.02. The SMILES string of the molecule is CCCCCCCCN.O=C(O)CC(O)(CC(=O)O)C(=O)O. The first-order chi connectivity index (χ1) is 10.2. The van der Waals surface area contributed by atoms with Crippen molar-refractivity contribution < 1.29 is 34.8 Å². The molecule has 22 heavy (non-hydrogen) atoms. The van der Waals surface area contributed by atoms with Gasteiger partial charge in [-0.3, -0.25) is 9.59 Å². The standard InChI is InChI=1S/C8H19N.C6H8O7/c1-2-3-4-5-6-7-8-9;7-3(8)1-6(13,5(11)12)2-4(9)10/h2-9H2,1H3;13H,1-2H2,(H,7,8)(H,9,10)(H,11,12). The first-order valence-corrected chi connectivity index (χ1v) is 7.29. The molecule has 0 saturated carbocycles. The average Bonchev–Trinajstić information content (AvgIpc) is 2.37. The molecule has 0 atom stereocenters. The van der Waals surface area contributed by atoms with Crippen LogP contribution in [0.3, 0.4) is 0 Å². The Balaban J connectivity index is 0. The molecule has 0 saturated heterocycles. The summed E-state index contributed by atoms with van der Waals surface area (Å²) in [6.07, 6.45) is 5.76. The van der Waals surface area contributed by atoms with Gasteiger partial charge < -0.3 is 26.2 Å². The van der Waals surface area contributed by atoms with Gasteiger partial charge in [0.1, 0.15) is 0 Å². The lowest BCUT2D eigenvalue weighted by atomic mass is 9.96. The Morgan fingerprint density at radius 2 is 1.27 bits per heavy atom. The molecule has 0 aromatic rings. The Kier molecular flexibility index (Phi) is 13.4. The molecule has 0 aromatic carbocycles. The van der Waals surface area contributed by atoms with Gasteiger partial charge in [0.2, 0.25) is 0 Å². The summed E-state index contributed by atoms with van der Waals surface area (Å²) in [6.45, 7) is 3.11. The van der Waals surface area contributed by atoms with Crippen LogP contribution in [0.2, 0.25) is 0 Å². The Morgan fingerprint density at radius 3 is 1.59 bits per heavy atom. The molecule has 0 heterocycles. The van der Waals surface area contributed by atoms with E-state index in [4.69, 9.17) is 26.2 Å². The van der Waals surface area contributed by atoms with Crippen LogP contribution in [-0.2, 0) is 14.4 Å². The van der Waals surface area contributed by atoms with Crippen molar-refractivity contribution in [2.45, 2.75) is 63.9 Å². The zero-order valence-electron chi connectivity index (χ0n) is 13.0. The van der Waals surface area contributed by atoms with E-state index in [-0.39, 0.29) is 0 Å². The summed E-state index contributed by atoms with van der Waals surface area (Å²) >= 11 is 0. The first kappa shape index (κ1) is 22.6. The molecule has 8 nitrogen and oxygen atoms in total. The molecule has 0 unspecified atom stereocenters. The second kappa shape index (κ2) is 13.0. The summed E-state index contributed by atoms with van der Waals surface area (Å²) in [4.78, 5) is 30.5. The Morgan fingerprint density at radius 1 is 0.864 bits per heavy atom. The highest BCUT2D eigenvalue weighted by molar-refractivity contribution is 5.88. The second-order valence-corrected chi connectivity index (χ2v) is 5.03. The van der Waals surface area contributed by atoms with E-state index < -0.39 is 36.4 Å². The molecule has 0 fully saturated rings. The monoisotopic (exact) mass is 321 g/mol. The Hall–Kier alpha value is -1.67. The summed E-state index contributed by atoms with van der Waals surface area (Å²) in [6, 6.07) is 0. The highest BCUT2D eigenvalue weighted by Gasteiger charge is 2.40. The second-order valence-electron chi connectivity index (χ2n) is 5.03. The summed E-state index contributed by atoms with van der Waals surface area (Å²) in [7, 11) is 0. The van der Waals surface area contributed by atoms with Crippen LogP contribution in [0, 0.1) is 0 Å². The number of hydrogen-bond donors (Lipinski definition) is 5. The third kappa shape index (κ3) is 13.3. The van der Waals surface area contributed by atoms with Gasteiger partial charge in [0.05, 0.1) is 12.8 Å². The van der Waals surface area contributed by atoms with E-state index in [1.54, 1.807) is 0 Å². The minimum atomic E-state index is -2.74. The van der Waals surface area contributed by atoms with E-state index in [1.165, 1.54) is 38.5 Å². The number of nitrogens with two attached hydrogens (primary N) is 1. The Labute approximate surface area is 129 Å². The molecule has 0 aliphatic carbocycles. The topological polar surface area (TPSA) is 158 Å². The van der Waals surface area contributed by atoms with E-state index in [0.717, 1.165) is 6.54 Å². The molecule has 0 aromatic heterocycles. The number of hydrogen-bond acceptors (Lipinski definition) is 5. The zero-order valence-corrected chi connectivity index (χ0v) is 13.0. The molecule has 130 valence electrons. The lowest BCUT2D eigenvalue weighted by Crippen LogP contribution is -2.42. The molecular weight excluding hydrogens is 294 g/mol. The van der Waals surface area contributed by atoms with Crippen molar-refractivity contribution in [2.75, 3.05) is 6.54 Å². The fraction of sp³-hybridized carbons (Fsp3) is 0.786. The summed E-state index contributed by atoms with van der Waals surface area (Å²) in [5.41, 5.74) is 2.60. The van der Waals surface area contributed by atoms with Crippen LogP contribution >= 0.6 is 0 Å². The van der Waals surface area contributed by atoms with E-state index in [9.17, 15) is 14.4 Å². The number of aliphatic hydroxyl groups is 1. The largest absolute Gasteiger partial charge is 0.481 e. The smallest absolute Gasteiger partial charge is 0.336 e. The van der Waals surface area contributed by atoms with Crippen molar-refractivity contribution in [1.82, 2.24) is 0 Å². The van der Waals surface area contributed by atoms with E-state index in [2.05, 4.69) is 6.92 Å². The van der Waals surface area contributed by atoms with Gasteiger partial charge in [-0.05, 0) is 13.0 Å². The molecular formula is C14H27NO7. The highest BCUT2D eigenvalue weighted by Crippen LogP contribution is 2.15. The van der Waals surface area contributed by atoms with Gasteiger partial charge in [0, 0.05) is 0 Å². The van der Waals surface area contributed by atoms with Crippen LogP contribution in [0.1, 0.15) is 58.3 Å². The maximum Gasteiger partial charge on any atom is 0.336 e. The normalized spacial score (nSPS) is 10.5.